The van der Waals surface area contributed by atoms with E-state index < -0.39 is 6.10 Å². The van der Waals surface area contributed by atoms with Gasteiger partial charge in [0.15, 0.2) is 0 Å². The van der Waals surface area contributed by atoms with Gasteiger partial charge in [-0.25, -0.2) is 0 Å². The number of hydrogen-bond acceptors (Lipinski definition) is 4. The molecule has 2 aromatic heterocycles. The van der Waals surface area contributed by atoms with Gasteiger partial charge in [-0.05, 0) is 30.7 Å². The molecule has 5 heteroatoms. The topological polar surface area (TPSA) is 60.2 Å². The van der Waals surface area contributed by atoms with Gasteiger partial charge in [-0.2, -0.15) is 5.10 Å². The van der Waals surface area contributed by atoms with E-state index in [0.29, 0.717) is 6.54 Å². The molecule has 0 aliphatic carbocycles. The van der Waals surface area contributed by atoms with Gasteiger partial charge in [0, 0.05) is 24.3 Å². The molecule has 1 N–H and O–H groups in total. The Morgan fingerprint density at radius 1 is 1.24 bits per heavy atom. The number of aryl methyl sites for hydroxylation is 1. The van der Waals surface area contributed by atoms with Gasteiger partial charge in [-0.1, -0.05) is 12.1 Å². The van der Waals surface area contributed by atoms with Crippen LogP contribution >= 0.6 is 0 Å². The van der Waals surface area contributed by atoms with Crippen molar-refractivity contribution in [3.63, 3.8) is 0 Å². The quantitative estimate of drug-likeness (QED) is 0.799. The summed E-state index contributed by atoms with van der Waals surface area (Å²) in [4.78, 5) is 4.14. The molecule has 1 atom stereocenters. The molecule has 5 nitrogen and oxygen atoms in total. The molecule has 0 fully saturated rings. The average molecular weight is 283 g/mol. The number of nitrogens with zero attached hydrogens (tertiary/aromatic N) is 3. The molecule has 0 saturated carbocycles. The summed E-state index contributed by atoms with van der Waals surface area (Å²) < 4.78 is 6.97. The summed E-state index contributed by atoms with van der Waals surface area (Å²) in [6.07, 6.45) is 2.71. The molecule has 21 heavy (non-hydrogen) atoms. The summed E-state index contributed by atoms with van der Waals surface area (Å²) in [5.41, 5.74) is 2.41. The first-order valence-electron chi connectivity index (χ1n) is 6.87. The molecular weight excluding hydrogens is 266 g/mol. The molecule has 0 bridgehead atoms. The minimum atomic E-state index is -0.745. The number of aliphatic hydroxyl groups is 1. The Kier molecular flexibility index (Phi) is 3.58. The van der Waals surface area contributed by atoms with Gasteiger partial charge in [0.05, 0.1) is 18.3 Å². The van der Waals surface area contributed by atoms with E-state index in [-0.39, 0.29) is 0 Å². The Balaban J connectivity index is 2.09. The summed E-state index contributed by atoms with van der Waals surface area (Å²) in [7, 11) is 1.62. The third-order valence-corrected chi connectivity index (χ3v) is 3.57. The average Bonchev–Trinajstić information content (AvgIpc) is 2.92. The zero-order valence-corrected chi connectivity index (χ0v) is 12.0. The van der Waals surface area contributed by atoms with Crippen LogP contribution in [0.2, 0.25) is 0 Å². The van der Waals surface area contributed by atoms with Crippen molar-refractivity contribution < 1.29 is 9.84 Å². The standard InChI is InChI=1S/C16H17N3O2/c1-3-19-15(13-10-17-9-8-14(13)18-19)16(20)11-4-6-12(21-2)7-5-11/h4-10,16,20H,3H2,1-2H3. The lowest BCUT2D eigenvalue weighted by Crippen LogP contribution is -2.09. The number of aliphatic hydroxyl groups excluding tert-OH is 1. The molecule has 1 unspecified atom stereocenters. The van der Waals surface area contributed by atoms with Crippen LogP contribution in [0.1, 0.15) is 24.3 Å². The Hall–Kier alpha value is -2.40. The lowest BCUT2D eigenvalue weighted by molar-refractivity contribution is 0.209. The zero-order valence-electron chi connectivity index (χ0n) is 12.0. The van der Waals surface area contributed by atoms with Crippen molar-refractivity contribution in [3.8, 4) is 5.75 Å². The van der Waals surface area contributed by atoms with Crippen molar-refractivity contribution in [2.24, 2.45) is 0 Å². The molecular formula is C16H17N3O2. The van der Waals surface area contributed by atoms with Crippen molar-refractivity contribution >= 4 is 10.9 Å². The van der Waals surface area contributed by atoms with Crippen molar-refractivity contribution in [2.75, 3.05) is 7.11 Å². The Morgan fingerprint density at radius 2 is 2.00 bits per heavy atom. The van der Waals surface area contributed by atoms with Gasteiger partial charge in [0.2, 0.25) is 0 Å². The van der Waals surface area contributed by atoms with Crippen molar-refractivity contribution in [2.45, 2.75) is 19.6 Å². The highest BCUT2D eigenvalue weighted by molar-refractivity contribution is 5.81. The van der Waals surface area contributed by atoms with Crippen LogP contribution in [-0.4, -0.2) is 27.0 Å². The Labute approximate surface area is 122 Å². The maximum Gasteiger partial charge on any atom is 0.121 e. The highest BCUT2D eigenvalue weighted by Gasteiger charge is 2.20. The van der Waals surface area contributed by atoms with Crippen molar-refractivity contribution in [1.82, 2.24) is 14.8 Å². The molecule has 0 spiro atoms. The van der Waals surface area contributed by atoms with Crippen LogP contribution in [0.5, 0.6) is 5.75 Å². The minimum absolute atomic E-state index is 0.692. The molecule has 3 aromatic rings. The fourth-order valence-corrected chi connectivity index (χ4v) is 2.47. The van der Waals surface area contributed by atoms with E-state index in [9.17, 15) is 5.11 Å². The molecule has 0 amide bonds. The maximum absolute atomic E-state index is 10.7. The van der Waals surface area contributed by atoms with Crippen LogP contribution in [0.4, 0.5) is 0 Å². The van der Waals surface area contributed by atoms with Crippen LogP contribution < -0.4 is 4.74 Å². The van der Waals surface area contributed by atoms with Crippen molar-refractivity contribution in [1.29, 1.82) is 0 Å². The van der Waals surface area contributed by atoms with Crippen molar-refractivity contribution in [3.05, 3.63) is 54.0 Å². The molecule has 3 rings (SSSR count). The van der Waals surface area contributed by atoms with Crippen LogP contribution in [-0.2, 0) is 6.54 Å². The van der Waals surface area contributed by atoms with Gasteiger partial charge in [0.25, 0.3) is 0 Å². The number of pyridine rings is 1. The molecule has 0 saturated heterocycles. The van der Waals surface area contributed by atoms with Crippen LogP contribution in [0.25, 0.3) is 10.9 Å². The monoisotopic (exact) mass is 283 g/mol. The number of fused-ring (bicyclic) bond motifs is 1. The SMILES string of the molecule is CCn1nc2ccncc2c1C(O)c1ccc(OC)cc1. The third kappa shape index (κ3) is 2.36. The van der Waals surface area contributed by atoms with Crippen LogP contribution in [0.15, 0.2) is 42.7 Å². The summed E-state index contributed by atoms with van der Waals surface area (Å²) in [5.74, 6) is 0.765. The highest BCUT2D eigenvalue weighted by Crippen LogP contribution is 2.29. The molecule has 0 aliphatic rings. The lowest BCUT2D eigenvalue weighted by Gasteiger charge is -2.14. The number of hydrogen-bond donors (Lipinski definition) is 1. The van der Waals surface area contributed by atoms with Gasteiger partial charge in [-0.15, -0.1) is 0 Å². The van der Waals surface area contributed by atoms with E-state index in [1.165, 1.54) is 0 Å². The van der Waals surface area contributed by atoms with E-state index in [4.69, 9.17) is 4.74 Å². The minimum Gasteiger partial charge on any atom is -0.497 e. The fourth-order valence-electron chi connectivity index (χ4n) is 2.47. The molecule has 0 aliphatic heterocycles. The number of benzene rings is 1. The van der Waals surface area contributed by atoms with Gasteiger partial charge >= 0.3 is 0 Å². The highest BCUT2D eigenvalue weighted by atomic mass is 16.5. The lowest BCUT2D eigenvalue weighted by atomic mass is 10.0. The summed E-state index contributed by atoms with van der Waals surface area (Å²) >= 11 is 0. The summed E-state index contributed by atoms with van der Waals surface area (Å²) in [6.45, 7) is 2.70. The number of aromatic nitrogens is 3. The normalized spacial score (nSPS) is 12.5. The van der Waals surface area contributed by atoms with Gasteiger partial charge in [-0.3, -0.25) is 9.67 Å². The second-order valence-electron chi connectivity index (χ2n) is 4.77. The molecule has 0 radical (unpaired) electrons. The largest absolute Gasteiger partial charge is 0.497 e. The zero-order chi connectivity index (χ0) is 14.8. The summed E-state index contributed by atoms with van der Waals surface area (Å²) in [6, 6.07) is 9.25. The first-order valence-corrected chi connectivity index (χ1v) is 6.87. The van der Waals surface area contributed by atoms with Gasteiger partial charge < -0.3 is 9.84 Å². The van der Waals surface area contributed by atoms with Crippen LogP contribution in [0, 0.1) is 0 Å². The van der Waals surface area contributed by atoms with E-state index in [0.717, 1.165) is 27.9 Å². The Morgan fingerprint density at radius 3 is 2.67 bits per heavy atom. The smallest absolute Gasteiger partial charge is 0.121 e. The summed E-state index contributed by atoms with van der Waals surface area (Å²) in [5, 5.41) is 16.1. The van der Waals surface area contributed by atoms with E-state index in [2.05, 4.69) is 10.1 Å². The van der Waals surface area contributed by atoms with E-state index >= 15 is 0 Å². The third-order valence-electron chi connectivity index (χ3n) is 3.57. The van der Waals surface area contributed by atoms with E-state index in [1.807, 2.05) is 41.9 Å². The number of methoxy groups -OCH3 is 1. The second-order valence-corrected chi connectivity index (χ2v) is 4.77. The molecule has 108 valence electrons. The maximum atomic E-state index is 10.7. The fraction of sp³-hybridized carbons (Fsp3) is 0.250. The first-order chi connectivity index (χ1) is 10.2. The molecule has 2 heterocycles. The predicted octanol–water partition coefficient (Wildman–Crippen LogP) is 2.54. The number of ether oxygens (including phenoxy) is 1. The van der Waals surface area contributed by atoms with Gasteiger partial charge in [0.1, 0.15) is 11.9 Å². The first kappa shape index (κ1) is 13.6. The van der Waals surface area contributed by atoms with Crippen LogP contribution in [0.3, 0.4) is 0 Å². The van der Waals surface area contributed by atoms with E-state index in [1.54, 1.807) is 19.5 Å². The molecule has 1 aromatic carbocycles. The second kappa shape index (κ2) is 5.54. The number of rotatable bonds is 4. The predicted molar refractivity (Wildman–Crippen MR) is 80.3 cm³/mol. The Bertz CT molecular complexity index is 750.